The Hall–Kier alpha value is -7.50. The number of esters is 6. The van der Waals surface area contributed by atoms with Crippen LogP contribution in [-0.4, -0.2) is 99.9 Å². The van der Waals surface area contributed by atoms with Crippen molar-refractivity contribution in [2.75, 3.05) is 50.3 Å². The number of nitrogens with one attached hydrogen (secondary N) is 2. The highest BCUT2D eigenvalue weighted by atomic mass is 16.6. The Morgan fingerprint density at radius 3 is 1.32 bits per heavy atom. The molecule has 59 heavy (non-hydrogen) atoms. The van der Waals surface area contributed by atoms with Crippen molar-refractivity contribution in [3.05, 3.63) is 120 Å². The number of rotatable bonds is 20. The monoisotopic (exact) mass is 818 g/mol. The molecule has 0 spiro atoms. The molecule has 2 atom stereocenters. The predicted molar refractivity (Wildman–Crippen MR) is 207 cm³/mol. The summed E-state index contributed by atoms with van der Waals surface area (Å²) in [6.07, 6.45) is -1.77. The average molecular weight is 819 g/mol. The molecule has 0 aliphatic carbocycles. The fourth-order valence-corrected chi connectivity index (χ4v) is 4.60. The summed E-state index contributed by atoms with van der Waals surface area (Å²) in [7, 11) is 0. The molecule has 0 aliphatic rings. The Kier molecular flexibility index (Phi) is 18.3. The van der Waals surface area contributed by atoms with Crippen molar-refractivity contribution in [1.82, 2.24) is 0 Å². The molecule has 0 bridgehead atoms. The van der Waals surface area contributed by atoms with Crippen LogP contribution in [0.15, 0.2) is 92.0 Å². The Bertz CT molecular complexity index is 2040. The Morgan fingerprint density at radius 1 is 0.542 bits per heavy atom. The van der Waals surface area contributed by atoms with Gasteiger partial charge in [-0.1, -0.05) is 43.5 Å². The topological polar surface area (TPSA) is 234 Å². The van der Waals surface area contributed by atoms with Crippen LogP contribution in [0, 0.1) is 6.92 Å². The van der Waals surface area contributed by atoms with Crippen molar-refractivity contribution in [1.29, 1.82) is 0 Å². The van der Waals surface area contributed by atoms with Crippen molar-refractivity contribution >= 4 is 59.4 Å². The molecule has 0 saturated carbocycles. The fourth-order valence-electron chi connectivity index (χ4n) is 4.60. The van der Waals surface area contributed by atoms with E-state index >= 15 is 0 Å². The van der Waals surface area contributed by atoms with E-state index in [-0.39, 0.29) is 73.3 Å². The van der Waals surface area contributed by atoms with Gasteiger partial charge in [0, 0.05) is 23.5 Å². The highest BCUT2D eigenvalue weighted by Gasteiger charge is 2.23. The Balaban J connectivity index is 1.46. The fraction of sp³-hybridized carbons (Fsp3) is 0.268. The van der Waals surface area contributed by atoms with Crippen LogP contribution in [0.25, 0.3) is 0 Å². The number of benzene rings is 3. The number of amides is 2. The van der Waals surface area contributed by atoms with Gasteiger partial charge in [-0.25, -0.2) is 38.4 Å². The summed E-state index contributed by atoms with van der Waals surface area (Å²) in [5.41, 5.74) is 0.705. The van der Waals surface area contributed by atoms with E-state index in [1.54, 1.807) is 19.1 Å². The minimum Gasteiger partial charge on any atom is -0.459 e. The van der Waals surface area contributed by atoms with Gasteiger partial charge in [0.25, 0.3) is 0 Å². The molecular formula is C41H42N2O16. The lowest BCUT2D eigenvalue weighted by molar-refractivity contribution is -0.139. The van der Waals surface area contributed by atoms with Gasteiger partial charge in [0.2, 0.25) is 0 Å². The van der Waals surface area contributed by atoms with E-state index in [1.807, 2.05) is 0 Å². The van der Waals surface area contributed by atoms with Crippen molar-refractivity contribution in [3.63, 3.8) is 0 Å². The molecule has 0 aromatic heterocycles. The summed E-state index contributed by atoms with van der Waals surface area (Å²) in [5, 5.41) is 5.06. The van der Waals surface area contributed by atoms with Crippen LogP contribution < -0.4 is 10.6 Å². The molecule has 2 amide bonds. The largest absolute Gasteiger partial charge is 0.459 e. The molecule has 312 valence electrons. The average Bonchev–Trinajstić information content (AvgIpc) is 3.22. The summed E-state index contributed by atoms with van der Waals surface area (Å²) in [6, 6.07) is 16.1. The number of carbonyl (C=O) groups is 8. The van der Waals surface area contributed by atoms with E-state index in [2.05, 4.69) is 23.8 Å². The van der Waals surface area contributed by atoms with E-state index in [0.29, 0.717) is 5.56 Å². The Labute approximate surface area is 338 Å². The van der Waals surface area contributed by atoms with Crippen LogP contribution in [0.3, 0.4) is 0 Å². The third-order valence-corrected chi connectivity index (χ3v) is 7.42. The molecule has 3 rings (SSSR count). The summed E-state index contributed by atoms with van der Waals surface area (Å²) < 4.78 is 40.7. The first-order valence-electron chi connectivity index (χ1n) is 17.7. The number of carbonyl (C=O) groups excluding carboxylic acids is 8. The second-order valence-electron chi connectivity index (χ2n) is 12.0. The molecule has 0 saturated heterocycles. The molecule has 3 aromatic rings. The zero-order valence-corrected chi connectivity index (χ0v) is 32.3. The van der Waals surface area contributed by atoms with Crippen molar-refractivity contribution in [2.24, 2.45) is 0 Å². The highest BCUT2D eigenvalue weighted by molar-refractivity contribution is 6.04. The third kappa shape index (κ3) is 15.5. The highest BCUT2D eigenvalue weighted by Crippen LogP contribution is 2.21. The van der Waals surface area contributed by atoms with E-state index in [4.69, 9.17) is 37.9 Å². The van der Waals surface area contributed by atoms with Gasteiger partial charge in [-0.3, -0.25) is 10.6 Å². The summed E-state index contributed by atoms with van der Waals surface area (Å²) in [4.78, 5) is 98.3. The zero-order chi connectivity index (χ0) is 43.3. The second kappa shape index (κ2) is 23.5. The number of hydrogen-bond donors (Lipinski definition) is 2. The van der Waals surface area contributed by atoms with Crippen LogP contribution in [0.1, 0.15) is 60.8 Å². The molecule has 18 nitrogen and oxygen atoms in total. The van der Waals surface area contributed by atoms with E-state index in [0.717, 1.165) is 12.2 Å². The van der Waals surface area contributed by atoms with Gasteiger partial charge < -0.3 is 37.9 Å². The predicted octanol–water partition coefficient (Wildman–Crippen LogP) is 5.36. The third-order valence-electron chi connectivity index (χ3n) is 7.42. The minimum absolute atomic E-state index is 0.0907. The van der Waals surface area contributed by atoms with Gasteiger partial charge >= 0.3 is 48.0 Å². The van der Waals surface area contributed by atoms with Gasteiger partial charge in [-0.15, -0.1) is 0 Å². The van der Waals surface area contributed by atoms with Gasteiger partial charge in [0.1, 0.15) is 51.8 Å². The van der Waals surface area contributed by atoms with Crippen molar-refractivity contribution in [2.45, 2.75) is 33.0 Å². The molecule has 3 aromatic carbocycles. The van der Waals surface area contributed by atoms with Crippen LogP contribution in [0.2, 0.25) is 0 Å². The number of hydrogen-bond acceptors (Lipinski definition) is 16. The Morgan fingerprint density at radius 2 is 0.915 bits per heavy atom. The van der Waals surface area contributed by atoms with E-state index < -0.39 is 60.2 Å². The molecule has 18 heteroatoms. The summed E-state index contributed by atoms with van der Waals surface area (Å²) in [5.74, 6) is -4.84. The summed E-state index contributed by atoms with van der Waals surface area (Å²) >= 11 is 0. The van der Waals surface area contributed by atoms with Crippen LogP contribution >= 0.6 is 0 Å². The maximum absolute atomic E-state index is 12.8. The van der Waals surface area contributed by atoms with Gasteiger partial charge in [0.05, 0.1) is 22.3 Å². The quantitative estimate of drug-likeness (QED) is 0.0632. The first kappa shape index (κ1) is 45.9. The first-order valence-corrected chi connectivity index (χ1v) is 17.7. The van der Waals surface area contributed by atoms with E-state index in [9.17, 15) is 38.4 Å². The summed E-state index contributed by atoms with van der Waals surface area (Å²) in [6.45, 7) is 9.46. The molecule has 0 heterocycles. The van der Waals surface area contributed by atoms with Crippen LogP contribution in [0.4, 0.5) is 21.0 Å². The number of anilines is 2. The normalized spacial score (nSPS) is 11.2. The zero-order valence-electron chi connectivity index (χ0n) is 32.3. The standard InChI is InChI=1S/C41H42N2O16/c1-6-34(44)52-18-20-54-36(46)29-12-8-10-14-31(29)38(48)56-23-26(4)58-40(50)42-28-17-16-25(3)33(22-28)43-41(51)59-27(5)24-57-39(49)32-15-11-9-13-30(32)37(47)55-21-19-53-35(45)7-2/h6-17,22,26-27H,1-2,18-21,23-24H2,3-5H3,(H,42,50)(H,43,51). The molecule has 0 fully saturated rings. The van der Waals surface area contributed by atoms with Gasteiger partial charge in [0.15, 0.2) is 0 Å². The molecule has 2 unspecified atom stereocenters. The lowest BCUT2D eigenvalue weighted by Gasteiger charge is -2.17. The smallest absolute Gasteiger partial charge is 0.412 e. The maximum Gasteiger partial charge on any atom is 0.412 e. The van der Waals surface area contributed by atoms with Crippen LogP contribution in [0.5, 0.6) is 0 Å². The minimum atomic E-state index is -0.937. The van der Waals surface area contributed by atoms with Gasteiger partial charge in [-0.05, 0) is 62.7 Å². The van der Waals surface area contributed by atoms with Crippen molar-refractivity contribution in [3.8, 4) is 0 Å². The number of aryl methyl sites for hydroxylation is 1. The maximum atomic E-state index is 12.8. The molecule has 0 radical (unpaired) electrons. The van der Waals surface area contributed by atoms with Crippen molar-refractivity contribution < 1.29 is 76.3 Å². The van der Waals surface area contributed by atoms with E-state index in [1.165, 1.54) is 68.4 Å². The second-order valence-corrected chi connectivity index (χ2v) is 12.0. The molecule has 2 N–H and O–H groups in total. The first-order chi connectivity index (χ1) is 28.2. The lowest BCUT2D eigenvalue weighted by Crippen LogP contribution is -2.26. The van der Waals surface area contributed by atoms with Gasteiger partial charge in [-0.2, -0.15) is 0 Å². The van der Waals surface area contributed by atoms with Crippen LogP contribution in [-0.2, 0) is 47.5 Å². The molecule has 0 aliphatic heterocycles. The number of ether oxygens (including phenoxy) is 8. The lowest BCUT2D eigenvalue weighted by atomic mass is 10.1. The molecular weight excluding hydrogens is 776 g/mol. The SMILES string of the molecule is C=CC(=O)OCCOC(=O)c1ccccc1C(=O)OCC(C)OC(=O)Nc1ccc(C)c(NC(=O)OC(C)COC(=O)c2ccccc2C(=O)OCCOC(=O)C=C)c1.